The molecule has 0 unspecified atom stereocenters. The zero-order valence-corrected chi connectivity index (χ0v) is 11.0. The molecule has 0 heterocycles. The molecule has 0 aromatic carbocycles. The molecule has 0 amide bonds. The first-order valence-corrected chi connectivity index (χ1v) is 11.0. The molecule has 0 saturated heterocycles. The first-order chi connectivity index (χ1) is 4.56. The Labute approximate surface area is 84.1 Å². The molecule has 0 radical (unpaired) electrons. The molecule has 0 aliphatic heterocycles. The minimum atomic E-state index is -2.27. The zero-order chi connectivity index (χ0) is 8.04. The predicted octanol–water partition coefficient (Wildman–Crippen LogP) is 2.82. The van der Waals surface area contributed by atoms with Crippen LogP contribution in [0.4, 0.5) is 0 Å². The molecular weight excluding hydrogens is 246 g/mol. The predicted molar refractivity (Wildman–Crippen MR) is 56.8 cm³/mol. The van der Waals surface area contributed by atoms with Gasteiger partial charge in [0.25, 0.3) is 0 Å². The second-order valence-corrected chi connectivity index (χ2v) is 14.7. The summed E-state index contributed by atoms with van der Waals surface area (Å²) in [7, 11) is -0.122. The molecule has 0 N–H and O–H groups in total. The summed E-state index contributed by atoms with van der Waals surface area (Å²) in [6.45, 7) is 0. The normalized spacial score (nSPS) is 13.2. The number of alkyl halides is 1. The summed E-state index contributed by atoms with van der Waals surface area (Å²) in [4.78, 5) is 0. The van der Waals surface area contributed by atoms with E-state index in [1.807, 2.05) is 0 Å². The maximum Gasteiger partial charge on any atom is 0.338 e. The van der Waals surface area contributed by atoms with E-state index in [2.05, 4.69) is 0 Å². The van der Waals surface area contributed by atoms with Crippen molar-refractivity contribution in [3.05, 3.63) is 0 Å². The fraction of sp³-hybridized carbons (Fsp3) is 1.00. The van der Waals surface area contributed by atoms with Crippen molar-refractivity contribution in [3.8, 4) is 0 Å². The Balaban J connectivity index is 3.04. The van der Waals surface area contributed by atoms with Gasteiger partial charge in [-0.25, -0.2) is 0 Å². The molecule has 0 nitrogen and oxygen atoms in total. The largest absolute Gasteiger partial charge is 0.338 e. The zero-order valence-electron chi connectivity index (χ0n) is 5.55. The summed E-state index contributed by atoms with van der Waals surface area (Å²) < 4.78 is 0. The van der Waals surface area contributed by atoms with Crippen molar-refractivity contribution in [2.24, 2.45) is 0 Å². The Kier molecular flexibility index (Phi) is 7.13. The molecule has 0 aliphatic rings. The average molecular weight is 256 g/mol. The Hall–Kier alpha value is 1.59. The summed E-state index contributed by atoms with van der Waals surface area (Å²) in [5, 5.41) is 0. The van der Waals surface area contributed by atoms with Gasteiger partial charge in [-0.2, -0.15) is 0 Å². The first kappa shape index (κ1) is 11.6. The van der Waals surface area contributed by atoms with Crippen molar-refractivity contribution in [3.63, 3.8) is 0 Å². The van der Waals surface area contributed by atoms with Crippen LogP contribution in [0.25, 0.3) is 0 Å². The van der Waals surface area contributed by atoms with Crippen LogP contribution >= 0.6 is 44.8 Å². The standard InChI is InChI=1S/C4H10Cl4Si2/c5-2-1-3-9-4-10(6,7)8/h1-4,9H2. The fourth-order valence-corrected chi connectivity index (χ4v) is 7.92. The molecular formula is C4H10Cl4Si2. The quantitative estimate of drug-likeness (QED) is 0.307. The van der Waals surface area contributed by atoms with Gasteiger partial charge in [0.1, 0.15) is 0 Å². The molecule has 0 spiro atoms. The van der Waals surface area contributed by atoms with E-state index in [0.29, 0.717) is 0 Å². The van der Waals surface area contributed by atoms with E-state index in [-0.39, 0.29) is 9.52 Å². The van der Waals surface area contributed by atoms with E-state index in [1.54, 1.807) is 0 Å². The highest BCUT2D eigenvalue weighted by molar-refractivity contribution is 7.65. The molecule has 0 bridgehead atoms. The molecule has 0 saturated carbocycles. The smallest absolute Gasteiger partial charge is 0.127 e. The second kappa shape index (κ2) is 6.15. The van der Waals surface area contributed by atoms with Gasteiger partial charge in [-0.1, -0.05) is 6.04 Å². The summed E-state index contributed by atoms with van der Waals surface area (Å²) >= 11 is 22.5. The summed E-state index contributed by atoms with van der Waals surface area (Å²) in [6, 6.07) is -1.06. The summed E-state index contributed by atoms with van der Waals surface area (Å²) in [6.07, 6.45) is 1.09. The van der Waals surface area contributed by atoms with Crippen molar-refractivity contribution < 1.29 is 0 Å². The van der Waals surface area contributed by atoms with Gasteiger partial charge in [-0.15, -0.1) is 44.8 Å². The van der Waals surface area contributed by atoms with Gasteiger partial charge < -0.3 is 0 Å². The Morgan fingerprint density at radius 3 is 2.20 bits per heavy atom. The number of hydrogen-bond acceptors (Lipinski definition) is 0. The minimum absolute atomic E-state index is 0.122. The summed E-state index contributed by atoms with van der Waals surface area (Å²) in [5.41, 5.74) is 0.897. The van der Waals surface area contributed by atoms with E-state index < -0.39 is 6.00 Å². The van der Waals surface area contributed by atoms with Crippen LogP contribution in [0.5, 0.6) is 0 Å². The Morgan fingerprint density at radius 1 is 1.20 bits per heavy atom. The third-order valence-electron chi connectivity index (χ3n) is 1.09. The molecule has 0 fully saturated rings. The van der Waals surface area contributed by atoms with Crippen molar-refractivity contribution in [2.75, 3.05) is 5.88 Å². The molecule has 0 rings (SSSR count). The molecule has 10 heavy (non-hydrogen) atoms. The van der Waals surface area contributed by atoms with E-state index in [4.69, 9.17) is 44.8 Å². The van der Waals surface area contributed by atoms with Crippen LogP contribution < -0.4 is 0 Å². The minimum Gasteiger partial charge on any atom is -0.127 e. The lowest BCUT2D eigenvalue weighted by Gasteiger charge is -2.04. The van der Waals surface area contributed by atoms with Gasteiger partial charge in [-0.3, -0.25) is 0 Å². The number of halogens is 4. The molecule has 0 aromatic rings. The van der Waals surface area contributed by atoms with E-state index in [9.17, 15) is 0 Å². The van der Waals surface area contributed by atoms with Gasteiger partial charge in [0.15, 0.2) is 0 Å². The average Bonchev–Trinajstić information content (AvgIpc) is 1.78. The van der Waals surface area contributed by atoms with Crippen molar-refractivity contribution in [1.29, 1.82) is 0 Å². The Morgan fingerprint density at radius 2 is 1.80 bits per heavy atom. The van der Waals surface area contributed by atoms with Crippen LogP contribution in [0.15, 0.2) is 0 Å². The maximum absolute atomic E-state index is 5.68. The first-order valence-electron chi connectivity index (χ1n) is 3.19. The van der Waals surface area contributed by atoms with Gasteiger partial charge in [0.05, 0.1) is 0 Å². The van der Waals surface area contributed by atoms with Crippen molar-refractivity contribution >= 4 is 60.4 Å². The van der Waals surface area contributed by atoms with Gasteiger partial charge in [0, 0.05) is 15.4 Å². The third-order valence-corrected chi connectivity index (χ3v) is 11.1. The van der Waals surface area contributed by atoms with E-state index >= 15 is 0 Å². The molecule has 62 valence electrons. The number of hydrogen-bond donors (Lipinski definition) is 0. The van der Waals surface area contributed by atoms with Gasteiger partial charge in [0.2, 0.25) is 0 Å². The molecule has 0 aliphatic carbocycles. The fourth-order valence-electron chi connectivity index (χ4n) is 0.597. The van der Waals surface area contributed by atoms with Crippen LogP contribution in [-0.2, 0) is 0 Å². The lowest BCUT2D eigenvalue weighted by molar-refractivity contribution is 1.08. The third kappa shape index (κ3) is 9.59. The van der Waals surface area contributed by atoms with Crippen molar-refractivity contribution in [1.82, 2.24) is 0 Å². The van der Waals surface area contributed by atoms with Crippen molar-refractivity contribution in [2.45, 2.75) is 18.1 Å². The number of rotatable bonds is 5. The van der Waals surface area contributed by atoms with Crippen LogP contribution in [0.2, 0.25) is 11.7 Å². The SMILES string of the molecule is ClCCC[SiH2]C[Si](Cl)(Cl)Cl. The van der Waals surface area contributed by atoms with Gasteiger partial charge >= 0.3 is 6.00 Å². The van der Waals surface area contributed by atoms with Crippen LogP contribution in [0, 0.1) is 0 Å². The monoisotopic (exact) mass is 254 g/mol. The van der Waals surface area contributed by atoms with E-state index in [0.717, 1.165) is 18.0 Å². The molecule has 6 heteroatoms. The highest BCUT2D eigenvalue weighted by Crippen LogP contribution is 2.24. The maximum atomic E-state index is 5.68. The highest BCUT2D eigenvalue weighted by Gasteiger charge is 2.23. The van der Waals surface area contributed by atoms with Crippen LogP contribution in [-0.4, -0.2) is 21.4 Å². The summed E-state index contributed by atoms with van der Waals surface area (Å²) in [5.74, 6) is 0.744. The second-order valence-electron chi connectivity index (χ2n) is 2.11. The molecule has 0 atom stereocenters. The lowest BCUT2D eigenvalue weighted by Crippen LogP contribution is -2.12. The Bertz CT molecular complexity index is 81.8. The van der Waals surface area contributed by atoms with E-state index in [1.165, 1.54) is 6.04 Å². The molecule has 0 aromatic heterocycles. The van der Waals surface area contributed by atoms with Gasteiger partial charge in [-0.05, 0) is 12.1 Å². The lowest BCUT2D eigenvalue weighted by atomic mass is 10.6. The van der Waals surface area contributed by atoms with Crippen LogP contribution in [0.3, 0.4) is 0 Å². The van der Waals surface area contributed by atoms with Crippen LogP contribution in [0.1, 0.15) is 6.42 Å². The topological polar surface area (TPSA) is 0 Å². The highest BCUT2D eigenvalue weighted by atomic mass is 35.8.